The van der Waals surface area contributed by atoms with E-state index in [4.69, 9.17) is 0 Å². The van der Waals surface area contributed by atoms with Gasteiger partial charge in [-0.2, -0.15) is 5.10 Å². The van der Waals surface area contributed by atoms with Gasteiger partial charge in [0.25, 0.3) is 5.91 Å². The van der Waals surface area contributed by atoms with Crippen LogP contribution in [-0.4, -0.2) is 29.0 Å². The van der Waals surface area contributed by atoms with Crippen LogP contribution in [0.2, 0.25) is 0 Å². The highest BCUT2D eigenvalue weighted by Crippen LogP contribution is 2.17. The summed E-state index contributed by atoms with van der Waals surface area (Å²) in [4.78, 5) is 36.7. The van der Waals surface area contributed by atoms with E-state index >= 15 is 0 Å². The van der Waals surface area contributed by atoms with Crippen molar-refractivity contribution in [2.24, 2.45) is 5.10 Å². The Balaban J connectivity index is 1.64. The number of rotatable bonds is 5. The zero-order valence-electron chi connectivity index (χ0n) is 15.7. The quantitative estimate of drug-likeness (QED) is 0.298. The second kappa shape index (κ2) is 9.65. The van der Waals surface area contributed by atoms with Crippen LogP contribution < -0.4 is 16.1 Å². The standard InChI is InChI=1S/C22H18N4O4/c27-19-13-7-4-8-15(19)14-23-26-22(30)21(29)25-18-12-6-5-11-17(18)20(28)24-16-9-2-1-3-10-16/h1-14,27H,(H,24,28)(H,25,29)(H,26,30). The lowest BCUT2D eigenvalue weighted by Crippen LogP contribution is -2.33. The minimum Gasteiger partial charge on any atom is -0.507 e. The third-order valence-electron chi connectivity index (χ3n) is 3.96. The Labute approximate surface area is 172 Å². The lowest BCUT2D eigenvalue weighted by atomic mass is 10.1. The van der Waals surface area contributed by atoms with Gasteiger partial charge in [0.15, 0.2) is 0 Å². The first-order chi connectivity index (χ1) is 14.5. The van der Waals surface area contributed by atoms with Crippen molar-refractivity contribution in [3.8, 4) is 5.75 Å². The molecule has 0 fully saturated rings. The SMILES string of the molecule is O=C(NN=Cc1ccccc1O)C(=O)Nc1ccccc1C(=O)Nc1ccccc1. The molecule has 8 heteroatoms. The molecule has 3 aromatic rings. The van der Waals surface area contributed by atoms with Crippen molar-refractivity contribution >= 4 is 35.3 Å². The number of nitrogens with one attached hydrogen (secondary N) is 3. The largest absolute Gasteiger partial charge is 0.507 e. The summed E-state index contributed by atoms with van der Waals surface area (Å²) in [6, 6.07) is 21.5. The Morgan fingerprint density at radius 1 is 0.767 bits per heavy atom. The van der Waals surface area contributed by atoms with Gasteiger partial charge in [-0.25, -0.2) is 5.43 Å². The minimum atomic E-state index is -1.03. The van der Waals surface area contributed by atoms with Crippen LogP contribution in [0.15, 0.2) is 84.0 Å². The third kappa shape index (κ3) is 5.29. The van der Waals surface area contributed by atoms with E-state index < -0.39 is 17.7 Å². The highest BCUT2D eigenvalue weighted by Gasteiger charge is 2.17. The summed E-state index contributed by atoms with van der Waals surface area (Å²) < 4.78 is 0. The number of hydrazone groups is 1. The van der Waals surface area contributed by atoms with Gasteiger partial charge in [-0.3, -0.25) is 14.4 Å². The zero-order valence-corrected chi connectivity index (χ0v) is 15.7. The van der Waals surface area contributed by atoms with Crippen molar-refractivity contribution in [3.05, 3.63) is 90.0 Å². The summed E-state index contributed by atoms with van der Waals surface area (Å²) >= 11 is 0. The predicted molar refractivity (Wildman–Crippen MR) is 113 cm³/mol. The number of hydrogen-bond acceptors (Lipinski definition) is 5. The topological polar surface area (TPSA) is 120 Å². The van der Waals surface area contributed by atoms with Crippen LogP contribution in [0, 0.1) is 0 Å². The maximum atomic E-state index is 12.5. The van der Waals surface area contributed by atoms with E-state index in [-0.39, 0.29) is 17.0 Å². The monoisotopic (exact) mass is 402 g/mol. The molecule has 0 aliphatic carbocycles. The van der Waals surface area contributed by atoms with E-state index in [0.29, 0.717) is 11.3 Å². The van der Waals surface area contributed by atoms with Gasteiger partial charge in [0, 0.05) is 11.3 Å². The molecule has 30 heavy (non-hydrogen) atoms. The first kappa shape index (κ1) is 20.3. The molecule has 0 aromatic heterocycles. The fourth-order valence-electron chi connectivity index (χ4n) is 2.50. The summed E-state index contributed by atoms with van der Waals surface area (Å²) in [7, 11) is 0. The van der Waals surface area contributed by atoms with E-state index in [1.54, 1.807) is 54.6 Å². The number of anilines is 2. The molecule has 3 rings (SSSR count). The number of para-hydroxylation sites is 3. The van der Waals surface area contributed by atoms with Gasteiger partial charge in [-0.05, 0) is 36.4 Å². The molecule has 0 aliphatic heterocycles. The molecule has 0 unspecified atom stereocenters. The average Bonchev–Trinajstić information content (AvgIpc) is 2.76. The number of hydrogen-bond donors (Lipinski definition) is 4. The fraction of sp³-hybridized carbons (Fsp3) is 0. The van der Waals surface area contributed by atoms with Gasteiger partial charge in [-0.1, -0.05) is 42.5 Å². The summed E-state index contributed by atoms with van der Waals surface area (Å²) in [5.74, 6) is -2.47. The molecule has 4 N–H and O–H groups in total. The van der Waals surface area contributed by atoms with Gasteiger partial charge in [0.2, 0.25) is 0 Å². The number of carbonyl (C=O) groups excluding carboxylic acids is 3. The van der Waals surface area contributed by atoms with Crippen molar-refractivity contribution in [1.29, 1.82) is 0 Å². The van der Waals surface area contributed by atoms with Crippen LogP contribution in [0.3, 0.4) is 0 Å². The minimum absolute atomic E-state index is 0.0155. The lowest BCUT2D eigenvalue weighted by Gasteiger charge is -2.11. The molecule has 0 saturated carbocycles. The molecule has 3 aromatic carbocycles. The van der Waals surface area contributed by atoms with Gasteiger partial charge >= 0.3 is 11.8 Å². The van der Waals surface area contributed by atoms with Crippen molar-refractivity contribution in [3.63, 3.8) is 0 Å². The Kier molecular flexibility index (Phi) is 6.52. The molecule has 0 spiro atoms. The first-order valence-electron chi connectivity index (χ1n) is 8.92. The molecule has 0 radical (unpaired) electrons. The number of carbonyl (C=O) groups is 3. The number of phenolic OH excluding ortho intramolecular Hbond substituents is 1. The van der Waals surface area contributed by atoms with Crippen LogP contribution in [0.5, 0.6) is 5.75 Å². The Bertz CT molecular complexity index is 1100. The molecular formula is C22H18N4O4. The smallest absolute Gasteiger partial charge is 0.329 e. The number of amides is 3. The molecule has 3 amide bonds. The number of benzene rings is 3. The zero-order chi connectivity index (χ0) is 21.3. The van der Waals surface area contributed by atoms with E-state index in [9.17, 15) is 19.5 Å². The summed E-state index contributed by atoms with van der Waals surface area (Å²) in [5.41, 5.74) is 3.42. The van der Waals surface area contributed by atoms with Crippen LogP contribution in [0.4, 0.5) is 11.4 Å². The highest BCUT2D eigenvalue weighted by molar-refractivity contribution is 6.40. The van der Waals surface area contributed by atoms with Crippen LogP contribution >= 0.6 is 0 Å². The molecule has 150 valence electrons. The second-order valence-electron chi connectivity index (χ2n) is 6.08. The summed E-state index contributed by atoms with van der Waals surface area (Å²) in [6.45, 7) is 0. The number of nitrogens with zero attached hydrogens (tertiary/aromatic N) is 1. The van der Waals surface area contributed by atoms with Crippen molar-refractivity contribution in [1.82, 2.24) is 5.43 Å². The van der Waals surface area contributed by atoms with Gasteiger partial charge < -0.3 is 15.7 Å². The van der Waals surface area contributed by atoms with Crippen LogP contribution in [0.1, 0.15) is 15.9 Å². The predicted octanol–water partition coefficient (Wildman–Crippen LogP) is 2.73. The molecular weight excluding hydrogens is 384 g/mol. The maximum Gasteiger partial charge on any atom is 0.329 e. The van der Waals surface area contributed by atoms with E-state index in [2.05, 4.69) is 21.2 Å². The number of aromatic hydroxyl groups is 1. The fourth-order valence-corrected chi connectivity index (χ4v) is 2.50. The molecule has 8 nitrogen and oxygen atoms in total. The van der Waals surface area contributed by atoms with E-state index in [1.807, 2.05) is 6.07 Å². The van der Waals surface area contributed by atoms with E-state index in [0.717, 1.165) is 0 Å². The molecule has 0 heterocycles. The molecule has 0 bridgehead atoms. The molecule has 0 saturated heterocycles. The Morgan fingerprint density at radius 2 is 1.43 bits per heavy atom. The van der Waals surface area contributed by atoms with Gasteiger partial charge in [-0.15, -0.1) is 0 Å². The van der Waals surface area contributed by atoms with Crippen LogP contribution in [0.25, 0.3) is 0 Å². The molecule has 0 aliphatic rings. The first-order valence-corrected chi connectivity index (χ1v) is 8.92. The van der Waals surface area contributed by atoms with Gasteiger partial charge in [0.05, 0.1) is 17.5 Å². The summed E-state index contributed by atoms with van der Waals surface area (Å²) in [5, 5.41) is 18.4. The normalized spacial score (nSPS) is 10.4. The molecule has 0 atom stereocenters. The van der Waals surface area contributed by atoms with Crippen molar-refractivity contribution in [2.75, 3.05) is 10.6 Å². The number of phenols is 1. The Morgan fingerprint density at radius 3 is 2.20 bits per heavy atom. The van der Waals surface area contributed by atoms with Gasteiger partial charge in [0.1, 0.15) is 5.75 Å². The average molecular weight is 402 g/mol. The lowest BCUT2D eigenvalue weighted by molar-refractivity contribution is -0.136. The van der Waals surface area contributed by atoms with E-state index in [1.165, 1.54) is 24.4 Å². The Hall–Kier alpha value is -4.46. The third-order valence-corrected chi connectivity index (χ3v) is 3.96. The van der Waals surface area contributed by atoms with Crippen molar-refractivity contribution < 1.29 is 19.5 Å². The van der Waals surface area contributed by atoms with Crippen LogP contribution in [-0.2, 0) is 9.59 Å². The maximum absolute atomic E-state index is 12.5. The highest BCUT2D eigenvalue weighted by atomic mass is 16.3. The van der Waals surface area contributed by atoms with Crippen molar-refractivity contribution in [2.45, 2.75) is 0 Å². The second-order valence-corrected chi connectivity index (χ2v) is 6.08. The summed E-state index contributed by atoms with van der Waals surface area (Å²) in [6.07, 6.45) is 1.21.